The Kier molecular flexibility index (Phi) is 3.31. The summed E-state index contributed by atoms with van der Waals surface area (Å²) < 4.78 is 44.1. The van der Waals surface area contributed by atoms with Crippen LogP contribution in [-0.4, -0.2) is 21.9 Å². The number of benzene rings is 2. The van der Waals surface area contributed by atoms with E-state index in [1.165, 1.54) is 18.2 Å². The molecule has 4 rings (SSSR count). The van der Waals surface area contributed by atoms with E-state index in [0.29, 0.717) is 17.0 Å². The first-order valence-corrected chi connectivity index (χ1v) is 7.34. The van der Waals surface area contributed by atoms with E-state index in [1.807, 2.05) is 18.2 Å². The summed E-state index contributed by atoms with van der Waals surface area (Å²) in [6.45, 7) is 0. The van der Waals surface area contributed by atoms with Crippen molar-refractivity contribution < 1.29 is 17.9 Å². The summed E-state index contributed by atoms with van der Waals surface area (Å²) in [5.41, 5.74) is 7.42. The van der Waals surface area contributed by atoms with Crippen molar-refractivity contribution in [1.82, 2.24) is 9.55 Å². The van der Waals surface area contributed by atoms with E-state index in [-0.39, 0.29) is 17.3 Å². The third-order valence-corrected chi connectivity index (χ3v) is 3.76. The molecule has 128 valence electrons. The van der Waals surface area contributed by atoms with Crippen LogP contribution in [0, 0.1) is 0 Å². The number of guanidine groups is 1. The van der Waals surface area contributed by atoms with E-state index in [2.05, 4.69) is 20.0 Å². The van der Waals surface area contributed by atoms with Crippen LogP contribution >= 0.6 is 0 Å². The number of para-hydroxylation sites is 3. The molecule has 1 aromatic heterocycles. The third kappa shape index (κ3) is 2.73. The predicted molar refractivity (Wildman–Crippen MR) is 86.2 cm³/mol. The third-order valence-electron chi connectivity index (χ3n) is 3.76. The molecule has 3 N–H and O–H groups in total. The van der Waals surface area contributed by atoms with Crippen molar-refractivity contribution >= 4 is 22.9 Å². The highest BCUT2D eigenvalue weighted by atomic mass is 19.4. The molecule has 0 fully saturated rings. The van der Waals surface area contributed by atoms with Crippen LogP contribution in [0.4, 0.5) is 19.1 Å². The molecular weight excluding hydrogens is 335 g/mol. The van der Waals surface area contributed by atoms with Gasteiger partial charge in [0.25, 0.3) is 0 Å². The number of nitrogens with one attached hydrogen (secondary N) is 1. The van der Waals surface area contributed by atoms with E-state index in [9.17, 15) is 13.2 Å². The van der Waals surface area contributed by atoms with Crippen LogP contribution in [0.25, 0.3) is 11.0 Å². The number of nitrogens with zero attached hydrogens (tertiary/aromatic N) is 3. The molecule has 2 heterocycles. The highest BCUT2D eigenvalue weighted by Gasteiger charge is 2.34. The molecule has 1 aliphatic heterocycles. The fourth-order valence-corrected chi connectivity index (χ4v) is 2.84. The smallest absolute Gasteiger partial charge is 0.405 e. The van der Waals surface area contributed by atoms with Gasteiger partial charge in [0.05, 0.1) is 11.0 Å². The van der Waals surface area contributed by atoms with Crippen molar-refractivity contribution in [3.63, 3.8) is 0 Å². The predicted octanol–water partition coefficient (Wildman–Crippen LogP) is 3.22. The van der Waals surface area contributed by atoms with Gasteiger partial charge >= 0.3 is 6.36 Å². The van der Waals surface area contributed by atoms with Gasteiger partial charge in [0, 0.05) is 5.56 Å². The summed E-state index contributed by atoms with van der Waals surface area (Å²) in [6.07, 6.45) is -5.64. The lowest BCUT2D eigenvalue weighted by Gasteiger charge is -2.25. The van der Waals surface area contributed by atoms with E-state index < -0.39 is 12.5 Å². The van der Waals surface area contributed by atoms with Crippen molar-refractivity contribution in [2.45, 2.75) is 12.5 Å². The Morgan fingerprint density at radius 2 is 1.80 bits per heavy atom. The number of alkyl halides is 3. The lowest BCUT2D eigenvalue weighted by atomic mass is 10.1. The Morgan fingerprint density at radius 3 is 2.60 bits per heavy atom. The van der Waals surface area contributed by atoms with Crippen LogP contribution in [0.1, 0.15) is 11.7 Å². The van der Waals surface area contributed by atoms with Crippen LogP contribution in [0.15, 0.2) is 53.5 Å². The number of nitrogens with two attached hydrogens (primary N) is 1. The summed E-state index contributed by atoms with van der Waals surface area (Å²) in [4.78, 5) is 8.68. The van der Waals surface area contributed by atoms with Gasteiger partial charge in [-0.3, -0.25) is 9.88 Å². The molecule has 1 atom stereocenters. The molecule has 9 heteroatoms. The summed E-state index contributed by atoms with van der Waals surface area (Å²) in [6, 6.07) is 13.1. The van der Waals surface area contributed by atoms with Gasteiger partial charge in [0.1, 0.15) is 5.75 Å². The summed E-state index contributed by atoms with van der Waals surface area (Å²) >= 11 is 0. The first kappa shape index (κ1) is 15.3. The Morgan fingerprint density at radius 1 is 1.08 bits per heavy atom. The van der Waals surface area contributed by atoms with Crippen molar-refractivity contribution in [1.29, 1.82) is 0 Å². The maximum atomic E-state index is 12.7. The molecule has 25 heavy (non-hydrogen) atoms. The van der Waals surface area contributed by atoms with Gasteiger partial charge < -0.3 is 10.5 Å². The summed E-state index contributed by atoms with van der Waals surface area (Å²) in [5, 5.41) is 2.83. The highest BCUT2D eigenvalue weighted by Crippen LogP contribution is 2.37. The summed E-state index contributed by atoms with van der Waals surface area (Å²) in [5.74, 6) is 0.136. The van der Waals surface area contributed by atoms with E-state index >= 15 is 0 Å². The van der Waals surface area contributed by atoms with Crippen molar-refractivity contribution in [2.75, 3.05) is 5.32 Å². The van der Waals surface area contributed by atoms with Crippen molar-refractivity contribution in [3.05, 3.63) is 54.1 Å². The van der Waals surface area contributed by atoms with Gasteiger partial charge in [-0.05, 0) is 18.2 Å². The molecule has 3 aromatic rings. The molecule has 0 aliphatic carbocycles. The van der Waals surface area contributed by atoms with Gasteiger partial charge in [-0.15, -0.1) is 13.2 Å². The molecule has 2 aromatic carbocycles. The van der Waals surface area contributed by atoms with Crippen LogP contribution < -0.4 is 15.8 Å². The molecule has 0 bridgehead atoms. The molecular formula is C16H12F3N5O. The van der Waals surface area contributed by atoms with E-state index in [1.54, 1.807) is 16.7 Å². The molecule has 0 unspecified atom stereocenters. The number of rotatable bonds is 2. The number of aliphatic imine (C=N–C) groups is 1. The number of halogens is 3. The average Bonchev–Trinajstić information content (AvgIpc) is 2.91. The monoisotopic (exact) mass is 347 g/mol. The van der Waals surface area contributed by atoms with Gasteiger partial charge in [0.15, 0.2) is 12.1 Å². The Balaban J connectivity index is 1.91. The minimum Gasteiger partial charge on any atom is -0.405 e. The number of imidazole rings is 1. The van der Waals surface area contributed by atoms with Crippen molar-refractivity contribution in [3.8, 4) is 5.75 Å². The minimum absolute atomic E-state index is 0.0645. The SMILES string of the molecule is NC1=N[C@@H](c2ccccc2OC(F)(F)F)n2c(nc3ccccc32)N1. The van der Waals surface area contributed by atoms with Gasteiger partial charge in [-0.2, -0.15) is 0 Å². The van der Waals surface area contributed by atoms with E-state index in [4.69, 9.17) is 5.73 Å². The topological polar surface area (TPSA) is 77.5 Å². The average molecular weight is 347 g/mol. The molecule has 6 nitrogen and oxygen atoms in total. The number of ether oxygens (including phenoxy) is 1. The van der Waals surface area contributed by atoms with E-state index in [0.717, 1.165) is 0 Å². The Hall–Kier alpha value is -3.23. The fourth-order valence-electron chi connectivity index (χ4n) is 2.84. The normalized spacial score (nSPS) is 16.9. The quantitative estimate of drug-likeness (QED) is 0.746. The molecule has 0 saturated carbocycles. The zero-order valence-electron chi connectivity index (χ0n) is 12.7. The number of aromatic nitrogens is 2. The van der Waals surface area contributed by atoms with Crippen molar-refractivity contribution in [2.24, 2.45) is 10.7 Å². The lowest BCUT2D eigenvalue weighted by Crippen LogP contribution is -2.32. The van der Waals surface area contributed by atoms with Crippen LogP contribution in [0.3, 0.4) is 0 Å². The largest absolute Gasteiger partial charge is 0.573 e. The first-order valence-electron chi connectivity index (χ1n) is 7.34. The second kappa shape index (κ2) is 5.40. The number of fused-ring (bicyclic) bond motifs is 3. The van der Waals surface area contributed by atoms with Crippen LogP contribution in [-0.2, 0) is 0 Å². The Labute approximate surface area is 139 Å². The highest BCUT2D eigenvalue weighted by molar-refractivity contribution is 5.94. The first-order chi connectivity index (χ1) is 11.9. The second-order valence-electron chi connectivity index (χ2n) is 5.39. The minimum atomic E-state index is -4.81. The molecule has 1 aliphatic rings. The number of hydrogen-bond acceptors (Lipinski definition) is 5. The number of hydrogen-bond donors (Lipinski definition) is 2. The standard InChI is InChI=1S/C16H12F3N5O/c17-16(18,19)25-12-8-4-1-5-9(12)13-22-14(20)23-15-21-10-6-2-3-7-11(10)24(13)15/h1-8,13H,(H3,20,21,22,23)/t13-/m1/s1. The van der Waals surface area contributed by atoms with Gasteiger partial charge in [0.2, 0.25) is 5.95 Å². The van der Waals surface area contributed by atoms with Gasteiger partial charge in [-0.1, -0.05) is 30.3 Å². The molecule has 0 spiro atoms. The molecule has 0 radical (unpaired) electrons. The second-order valence-corrected chi connectivity index (χ2v) is 5.39. The maximum absolute atomic E-state index is 12.7. The maximum Gasteiger partial charge on any atom is 0.573 e. The lowest BCUT2D eigenvalue weighted by molar-refractivity contribution is -0.275. The summed E-state index contributed by atoms with van der Waals surface area (Å²) in [7, 11) is 0. The zero-order valence-corrected chi connectivity index (χ0v) is 12.7. The molecule has 0 saturated heterocycles. The Bertz CT molecular complexity index is 979. The van der Waals surface area contributed by atoms with Crippen LogP contribution in [0.5, 0.6) is 5.75 Å². The zero-order chi connectivity index (χ0) is 17.6. The number of anilines is 1. The van der Waals surface area contributed by atoms with Gasteiger partial charge in [-0.25, -0.2) is 9.98 Å². The molecule has 0 amide bonds. The fraction of sp³-hybridized carbons (Fsp3) is 0.125. The van der Waals surface area contributed by atoms with Crippen LogP contribution in [0.2, 0.25) is 0 Å².